The van der Waals surface area contributed by atoms with Gasteiger partial charge in [0.25, 0.3) is 0 Å². The third-order valence-corrected chi connectivity index (χ3v) is 4.47. The Hall–Kier alpha value is -1.74. The minimum Gasteiger partial charge on any atom is -0.453 e. The molecule has 3 nitrogen and oxygen atoms in total. The summed E-state index contributed by atoms with van der Waals surface area (Å²) >= 11 is 5.97. The normalized spacial score (nSPS) is 20.6. The average molecular weight is 289 g/mol. The van der Waals surface area contributed by atoms with E-state index in [9.17, 15) is 4.79 Å². The van der Waals surface area contributed by atoms with E-state index < -0.39 is 5.41 Å². The zero-order chi connectivity index (χ0) is 13.7. The number of rotatable bonds is 1. The highest BCUT2D eigenvalue weighted by molar-refractivity contribution is 6.31. The Morgan fingerprint density at radius 1 is 1.15 bits per heavy atom. The molecule has 102 valence electrons. The quantitative estimate of drug-likeness (QED) is 0.723. The number of furan rings is 1. The van der Waals surface area contributed by atoms with Gasteiger partial charge in [0.15, 0.2) is 11.5 Å². The van der Waals surface area contributed by atoms with Crippen molar-refractivity contribution in [2.75, 3.05) is 0 Å². The van der Waals surface area contributed by atoms with Crippen LogP contribution in [0.25, 0.3) is 16.7 Å². The standard InChI is InChI=1S/C16H13ClO3/c17-11-3-4-12-10(7-11)8-13(19-12)14-9-16(15(18)20-14)5-1-2-6-16/h3-4,7-9H,1-2,5-6H2. The molecule has 1 aliphatic carbocycles. The van der Waals surface area contributed by atoms with Gasteiger partial charge in [0.05, 0.1) is 5.41 Å². The average Bonchev–Trinajstić information content (AvgIpc) is 3.10. The fourth-order valence-electron chi connectivity index (χ4n) is 3.15. The molecule has 1 spiro atoms. The fourth-order valence-corrected chi connectivity index (χ4v) is 3.33. The highest BCUT2D eigenvalue weighted by atomic mass is 35.5. The van der Waals surface area contributed by atoms with Crippen molar-refractivity contribution in [1.82, 2.24) is 0 Å². The van der Waals surface area contributed by atoms with Gasteiger partial charge in [-0.1, -0.05) is 24.4 Å². The minimum atomic E-state index is -0.411. The van der Waals surface area contributed by atoms with E-state index in [0.29, 0.717) is 16.5 Å². The van der Waals surface area contributed by atoms with Crippen molar-refractivity contribution < 1.29 is 13.9 Å². The molecule has 0 unspecified atom stereocenters. The van der Waals surface area contributed by atoms with Crippen LogP contribution < -0.4 is 0 Å². The molecule has 0 N–H and O–H groups in total. The number of halogens is 1. The Bertz CT molecular complexity index is 735. The van der Waals surface area contributed by atoms with Crippen LogP contribution in [0.5, 0.6) is 0 Å². The van der Waals surface area contributed by atoms with E-state index in [1.54, 1.807) is 6.07 Å². The zero-order valence-corrected chi connectivity index (χ0v) is 11.6. The van der Waals surface area contributed by atoms with Crippen molar-refractivity contribution >= 4 is 34.3 Å². The van der Waals surface area contributed by atoms with Crippen molar-refractivity contribution in [2.45, 2.75) is 25.7 Å². The number of cyclic esters (lactones) is 1. The molecule has 0 atom stereocenters. The van der Waals surface area contributed by atoms with Crippen molar-refractivity contribution in [3.05, 3.63) is 41.1 Å². The maximum atomic E-state index is 12.1. The Morgan fingerprint density at radius 2 is 1.95 bits per heavy atom. The van der Waals surface area contributed by atoms with Crippen LogP contribution in [-0.4, -0.2) is 5.97 Å². The third-order valence-electron chi connectivity index (χ3n) is 4.23. The second-order valence-corrected chi connectivity index (χ2v) is 5.99. The highest BCUT2D eigenvalue weighted by Crippen LogP contribution is 2.47. The monoisotopic (exact) mass is 288 g/mol. The number of hydrogen-bond donors (Lipinski definition) is 0. The summed E-state index contributed by atoms with van der Waals surface area (Å²) in [6, 6.07) is 7.31. The first-order valence-corrected chi connectivity index (χ1v) is 7.19. The van der Waals surface area contributed by atoms with E-state index in [-0.39, 0.29) is 5.97 Å². The lowest BCUT2D eigenvalue weighted by atomic mass is 9.87. The number of fused-ring (bicyclic) bond motifs is 1. The summed E-state index contributed by atoms with van der Waals surface area (Å²) in [5.74, 6) is 1.01. The third kappa shape index (κ3) is 1.70. The smallest absolute Gasteiger partial charge is 0.321 e. The van der Waals surface area contributed by atoms with Gasteiger partial charge in [0, 0.05) is 10.4 Å². The molecule has 0 saturated heterocycles. The topological polar surface area (TPSA) is 39.4 Å². The molecule has 2 aliphatic rings. The van der Waals surface area contributed by atoms with Gasteiger partial charge in [0.1, 0.15) is 5.58 Å². The van der Waals surface area contributed by atoms with Crippen molar-refractivity contribution in [2.24, 2.45) is 5.41 Å². The summed E-state index contributed by atoms with van der Waals surface area (Å²) in [5, 5.41) is 1.58. The lowest BCUT2D eigenvalue weighted by Crippen LogP contribution is -2.21. The fraction of sp³-hybridized carbons (Fsp3) is 0.312. The van der Waals surface area contributed by atoms with Gasteiger partial charge in [0.2, 0.25) is 0 Å². The molecule has 2 heterocycles. The lowest BCUT2D eigenvalue weighted by molar-refractivity contribution is -0.142. The van der Waals surface area contributed by atoms with Crippen molar-refractivity contribution in [3.63, 3.8) is 0 Å². The van der Waals surface area contributed by atoms with Gasteiger partial charge in [-0.2, -0.15) is 0 Å². The van der Waals surface area contributed by atoms with Gasteiger partial charge in [-0.15, -0.1) is 0 Å². The first-order chi connectivity index (χ1) is 9.66. The maximum Gasteiger partial charge on any atom is 0.321 e. The number of esters is 1. The second-order valence-electron chi connectivity index (χ2n) is 5.55. The number of carbonyl (C=O) groups excluding carboxylic acids is 1. The van der Waals surface area contributed by atoms with Crippen LogP contribution in [0.2, 0.25) is 5.02 Å². The predicted octanol–water partition coefficient (Wildman–Crippen LogP) is 4.54. The largest absolute Gasteiger partial charge is 0.453 e. The molecule has 0 radical (unpaired) electrons. The van der Waals surface area contributed by atoms with E-state index in [2.05, 4.69) is 0 Å². The molecule has 20 heavy (non-hydrogen) atoms. The van der Waals surface area contributed by atoms with Gasteiger partial charge in [-0.3, -0.25) is 4.79 Å². The summed E-state index contributed by atoms with van der Waals surface area (Å²) in [7, 11) is 0. The van der Waals surface area contributed by atoms with Crippen LogP contribution in [0.3, 0.4) is 0 Å². The highest BCUT2D eigenvalue weighted by Gasteiger charge is 2.46. The molecule has 4 heteroatoms. The molecule has 0 bridgehead atoms. The predicted molar refractivity (Wildman–Crippen MR) is 76.2 cm³/mol. The molecule has 2 aromatic rings. The van der Waals surface area contributed by atoms with E-state index in [4.69, 9.17) is 20.8 Å². The van der Waals surface area contributed by atoms with E-state index >= 15 is 0 Å². The summed E-state index contributed by atoms with van der Waals surface area (Å²) < 4.78 is 11.2. The van der Waals surface area contributed by atoms with Gasteiger partial charge < -0.3 is 9.15 Å². The summed E-state index contributed by atoms with van der Waals surface area (Å²) in [6.45, 7) is 0. The molecular formula is C16H13ClO3. The van der Waals surface area contributed by atoms with Gasteiger partial charge >= 0.3 is 5.97 Å². The molecule has 1 fully saturated rings. The first-order valence-electron chi connectivity index (χ1n) is 6.81. The van der Waals surface area contributed by atoms with E-state index in [0.717, 1.165) is 36.7 Å². The molecule has 0 amide bonds. The van der Waals surface area contributed by atoms with Crippen LogP contribution in [-0.2, 0) is 9.53 Å². The number of carbonyl (C=O) groups is 1. The molecule has 1 aromatic heterocycles. The Balaban J connectivity index is 1.78. The van der Waals surface area contributed by atoms with Crippen LogP contribution in [0.4, 0.5) is 0 Å². The first kappa shape index (κ1) is 12.0. The van der Waals surface area contributed by atoms with E-state index in [1.165, 1.54) is 0 Å². The summed E-state index contributed by atoms with van der Waals surface area (Å²) in [4.78, 5) is 12.1. The van der Waals surface area contributed by atoms with Crippen LogP contribution in [0, 0.1) is 5.41 Å². The second kappa shape index (κ2) is 4.13. The van der Waals surface area contributed by atoms with Crippen molar-refractivity contribution in [3.8, 4) is 0 Å². The Labute approximate surface area is 121 Å². The van der Waals surface area contributed by atoms with Crippen LogP contribution in [0.15, 0.2) is 34.8 Å². The van der Waals surface area contributed by atoms with Gasteiger partial charge in [-0.05, 0) is 43.2 Å². The van der Waals surface area contributed by atoms with Crippen molar-refractivity contribution in [1.29, 1.82) is 0 Å². The Kier molecular flexibility index (Phi) is 2.48. The maximum absolute atomic E-state index is 12.1. The van der Waals surface area contributed by atoms with Crippen LogP contribution in [0.1, 0.15) is 31.4 Å². The number of hydrogen-bond acceptors (Lipinski definition) is 3. The minimum absolute atomic E-state index is 0.136. The SMILES string of the molecule is O=C1OC(c2cc3cc(Cl)ccc3o2)=CC12CCCC2. The molecule has 1 saturated carbocycles. The molecule has 1 aliphatic heterocycles. The van der Waals surface area contributed by atoms with Gasteiger partial charge in [-0.25, -0.2) is 0 Å². The Morgan fingerprint density at radius 3 is 2.75 bits per heavy atom. The number of benzene rings is 1. The van der Waals surface area contributed by atoms with E-state index in [1.807, 2.05) is 24.3 Å². The van der Waals surface area contributed by atoms with Crippen LogP contribution >= 0.6 is 11.6 Å². The summed E-state index contributed by atoms with van der Waals surface area (Å²) in [6.07, 6.45) is 5.85. The zero-order valence-electron chi connectivity index (χ0n) is 10.8. The summed E-state index contributed by atoms with van der Waals surface area (Å²) in [5.41, 5.74) is 0.333. The molecule has 4 rings (SSSR count). The molecular weight excluding hydrogens is 276 g/mol. The lowest BCUT2D eigenvalue weighted by Gasteiger charge is -2.13. The number of ether oxygens (including phenoxy) is 1. The molecule has 1 aromatic carbocycles.